The standard InChI is InChI=1S/C19H26FN5/c1-3-24-6-8-25(9-7-24)19-10-16(4-5-22-19)12-23-15(2)17-11-18(20)14-21-13-17/h4-5,10-11,13-15,23H,3,6-9,12H2,1-2H3/t15-/m1/s1. The molecule has 3 rings (SSSR count). The summed E-state index contributed by atoms with van der Waals surface area (Å²) in [5, 5.41) is 3.43. The van der Waals surface area contributed by atoms with E-state index >= 15 is 0 Å². The first-order valence-electron chi connectivity index (χ1n) is 8.91. The second-order valence-corrected chi connectivity index (χ2v) is 6.48. The van der Waals surface area contributed by atoms with Gasteiger partial charge in [-0.25, -0.2) is 9.37 Å². The Bertz CT molecular complexity index is 685. The quantitative estimate of drug-likeness (QED) is 0.873. The van der Waals surface area contributed by atoms with Crippen molar-refractivity contribution in [2.75, 3.05) is 37.6 Å². The summed E-state index contributed by atoms with van der Waals surface area (Å²) in [6.45, 7) is 10.2. The van der Waals surface area contributed by atoms with Crippen molar-refractivity contribution < 1.29 is 4.39 Å². The summed E-state index contributed by atoms with van der Waals surface area (Å²) in [4.78, 5) is 13.2. The highest BCUT2D eigenvalue weighted by atomic mass is 19.1. The van der Waals surface area contributed by atoms with Gasteiger partial charge in [0.15, 0.2) is 0 Å². The summed E-state index contributed by atoms with van der Waals surface area (Å²) in [6, 6.07) is 5.73. The lowest BCUT2D eigenvalue weighted by atomic mass is 10.1. The Balaban J connectivity index is 1.58. The van der Waals surface area contributed by atoms with Crippen molar-refractivity contribution in [2.24, 2.45) is 0 Å². The summed E-state index contributed by atoms with van der Waals surface area (Å²) >= 11 is 0. The minimum Gasteiger partial charge on any atom is -0.354 e. The molecule has 1 atom stereocenters. The van der Waals surface area contributed by atoms with E-state index in [1.54, 1.807) is 6.20 Å². The zero-order valence-electron chi connectivity index (χ0n) is 15.0. The minimum absolute atomic E-state index is 0.0351. The maximum absolute atomic E-state index is 13.3. The average molecular weight is 343 g/mol. The van der Waals surface area contributed by atoms with Crippen LogP contribution in [0.5, 0.6) is 0 Å². The number of anilines is 1. The molecule has 134 valence electrons. The number of nitrogens with one attached hydrogen (secondary N) is 1. The van der Waals surface area contributed by atoms with Crippen LogP contribution in [0.2, 0.25) is 0 Å². The molecule has 0 aromatic carbocycles. The monoisotopic (exact) mass is 343 g/mol. The highest BCUT2D eigenvalue weighted by Gasteiger charge is 2.17. The van der Waals surface area contributed by atoms with Gasteiger partial charge in [-0.2, -0.15) is 0 Å². The van der Waals surface area contributed by atoms with Crippen molar-refractivity contribution in [2.45, 2.75) is 26.4 Å². The largest absolute Gasteiger partial charge is 0.354 e. The van der Waals surface area contributed by atoms with E-state index in [-0.39, 0.29) is 11.9 Å². The molecule has 0 saturated carbocycles. The maximum atomic E-state index is 13.3. The third-order valence-electron chi connectivity index (χ3n) is 4.79. The van der Waals surface area contributed by atoms with Crippen LogP contribution in [0.15, 0.2) is 36.8 Å². The Labute approximate surface area is 148 Å². The Hall–Kier alpha value is -2.05. The fraction of sp³-hybridized carbons (Fsp3) is 0.474. The molecule has 2 aromatic rings. The SMILES string of the molecule is CCN1CCN(c2cc(CN[C@H](C)c3cncc(F)c3)ccn2)CC1. The topological polar surface area (TPSA) is 44.3 Å². The van der Waals surface area contributed by atoms with E-state index in [1.807, 2.05) is 19.2 Å². The van der Waals surface area contributed by atoms with Crippen LogP contribution in [0, 0.1) is 5.82 Å². The Morgan fingerprint density at radius 1 is 1.20 bits per heavy atom. The van der Waals surface area contributed by atoms with E-state index in [2.05, 4.69) is 38.1 Å². The fourth-order valence-electron chi connectivity index (χ4n) is 3.09. The van der Waals surface area contributed by atoms with E-state index in [4.69, 9.17) is 0 Å². The van der Waals surface area contributed by atoms with E-state index in [0.29, 0.717) is 6.54 Å². The summed E-state index contributed by atoms with van der Waals surface area (Å²) in [6.07, 6.45) is 4.79. The molecule has 0 amide bonds. The molecule has 0 spiro atoms. The predicted molar refractivity (Wildman–Crippen MR) is 98.0 cm³/mol. The Morgan fingerprint density at radius 2 is 2.00 bits per heavy atom. The van der Waals surface area contributed by atoms with Gasteiger partial charge in [0.2, 0.25) is 0 Å². The van der Waals surface area contributed by atoms with Crippen LogP contribution in [-0.4, -0.2) is 47.6 Å². The van der Waals surface area contributed by atoms with Crippen LogP contribution >= 0.6 is 0 Å². The normalized spacial score (nSPS) is 16.8. The molecule has 0 unspecified atom stereocenters. The van der Waals surface area contributed by atoms with Crippen molar-refractivity contribution in [3.05, 3.63) is 53.7 Å². The lowest BCUT2D eigenvalue weighted by Crippen LogP contribution is -2.46. The molecule has 0 radical (unpaired) electrons. The molecule has 1 fully saturated rings. The zero-order chi connectivity index (χ0) is 17.6. The van der Waals surface area contributed by atoms with Crippen LogP contribution in [0.4, 0.5) is 10.2 Å². The lowest BCUT2D eigenvalue weighted by Gasteiger charge is -2.34. The number of pyridine rings is 2. The Kier molecular flexibility index (Phi) is 5.94. The first-order valence-corrected chi connectivity index (χ1v) is 8.91. The number of nitrogens with zero attached hydrogens (tertiary/aromatic N) is 4. The van der Waals surface area contributed by atoms with Gasteiger partial charge < -0.3 is 15.1 Å². The second-order valence-electron chi connectivity index (χ2n) is 6.48. The molecule has 1 saturated heterocycles. The number of hydrogen-bond donors (Lipinski definition) is 1. The van der Waals surface area contributed by atoms with E-state index in [0.717, 1.165) is 44.1 Å². The van der Waals surface area contributed by atoms with Crippen molar-refractivity contribution in [1.82, 2.24) is 20.2 Å². The average Bonchev–Trinajstić information content (AvgIpc) is 2.66. The van der Waals surface area contributed by atoms with Gasteiger partial charge in [-0.05, 0) is 42.8 Å². The molecule has 3 heterocycles. The minimum atomic E-state index is -0.302. The molecular weight excluding hydrogens is 317 g/mol. The highest BCUT2D eigenvalue weighted by Crippen LogP contribution is 2.17. The van der Waals surface area contributed by atoms with Gasteiger partial charge in [-0.15, -0.1) is 0 Å². The molecule has 0 aliphatic carbocycles. The summed E-state index contributed by atoms with van der Waals surface area (Å²) < 4.78 is 13.3. The molecule has 5 nitrogen and oxygen atoms in total. The third kappa shape index (κ3) is 4.74. The fourth-order valence-corrected chi connectivity index (χ4v) is 3.09. The highest BCUT2D eigenvalue weighted by molar-refractivity contribution is 5.41. The van der Waals surface area contributed by atoms with Crippen LogP contribution in [0.3, 0.4) is 0 Å². The molecule has 1 aliphatic rings. The first kappa shape index (κ1) is 17.8. The maximum Gasteiger partial charge on any atom is 0.141 e. The van der Waals surface area contributed by atoms with E-state index in [9.17, 15) is 4.39 Å². The van der Waals surface area contributed by atoms with Crippen LogP contribution in [0.25, 0.3) is 0 Å². The zero-order valence-corrected chi connectivity index (χ0v) is 15.0. The van der Waals surface area contributed by atoms with Crippen molar-refractivity contribution in [3.63, 3.8) is 0 Å². The Morgan fingerprint density at radius 3 is 2.72 bits per heavy atom. The molecule has 2 aromatic heterocycles. The van der Waals surface area contributed by atoms with Crippen molar-refractivity contribution in [3.8, 4) is 0 Å². The number of likely N-dealkylation sites (N-methyl/N-ethyl adjacent to an activating group) is 1. The number of piperazine rings is 1. The van der Waals surface area contributed by atoms with E-state index < -0.39 is 0 Å². The van der Waals surface area contributed by atoms with Crippen molar-refractivity contribution >= 4 is 5.82 Å². The van der Waals surface area contributed by atoms with Gasteiger partial charge in [0.05, 0.1) is 6.20 Å². The van der Waals surface area contributed by atoms with Gasteiger partial charge in [0, 0.05) is 51.2 Å². The molecule has 1 N–H and O–H groups in total. The molecule has 1 aliphatic heterocycles. The predicted octanol–water partition coefficient (Wildman–Crippen LogP) is 2.61. The second kappa shape index (κ2) is 8.36. The van der Waals surface area contributed by atoms with Gasteiger partial charge >= 0.3 is 0 Å². The molecular formula is C19H26FN5. The van der Waals surface area contributed by atoms with Gasteiger partial charge in [-0.1, -0.05) is 6.92 Å². The van der Waals surface area contributed by atoms with Crippen LogP contribution in [-0.2, 0) is 6.54 Å². The first-order chi connectivity index (χ1) is 12.2. The molecule has 25 heavy (non-hydrogen) atoms. The smallest absolute Gasteiger partial charge is 0.141 e. The molecule has 6 heteroatoms. The van der Waals surface area contributed by atoms with Gasteiger partial charge in [-0.3, -0.25) is 4.98 Å². The summed E-state index contributed by atoms with van der Waals surface area (Å²) in [7, 11) is 0. The van der Waals surface area contributed by atoms with Crippen LogP contribution in [0.1, 0.15) is 31.0 Å². The lowest BCUT2D eigenvalue weighted by molar-refractivity contribution is 0.270. The number of rotatable bonds is 6. The third-order valence-corrected chi connectivity index (χ3v) is 4.79. The number of hydrogen-bond acceptors (Lipinski definition) is 5. The number of halogens is 1. The van der Waals surface area contributed by atoms with Gasteiger partial charge in [0.25, 0.3) is 0 Å². The molecule has 0 bridgehead atoms. The summed E-state index contributed by atoms with van der Waals surface area (Å²) in [5.74, 6) is 0.735. The van der Waals surface area contributed by atoms with Crippen LogP contribution < -0.4 is 10.2 Å². The van der Waals surface area contributed by atoms with E-state index in [1.165, 1.54) is 17.8 Å². The summed E-state index contributed by atoms with van der Waals surface area (Å²) in [5.41, 5.74) is 2.03. The van der Waals surface area contributed by atoms with Gasteiger partial charge in [0.1, 0.15) is 11.6 Å². The van der Waals surface area contributed by atoms with Crippen molar-refractivity contribution in [1.29, 1.82) is 0 Å². The number of aromatic nitrogens is 2.